The van der Waals surface area contributed by atoms with Gasteiger partial charge in [0.05, 0.1) is 0 Å². The van der Waals surface area contributed by atoms with Gasteiger partial charge in [-0.2, -0.15) is 0 Å². The van der Waals surface area contributed by atoms with Crippen molar-refractivity contribution in [3.63, 3.8) is 0 Å². The van der Waals surface area contributed by atoms with E-state index in [0.717, 1.165) is 35.5 Å². The van der Waals surface area contributed by atoms with Gasteiger partial charge in [0.1, 0.15) is 12.1 Å². The number of nitrogens with one attached hydrogen (secondary N) is 2. The van der Waals surface area contributed by atoms with Crippen LogP contribution in [-0.2, 0) is 22.4 Å². The standard InChI is InChI=1S/C24H28N4O3/c1-27(20-10-3-2-4-11-20)15-7-14-25-21(29)17-28-22(30)24(26-23(28)31)13-12-18-8-5-6-9-19(18)16-24/h2-6,8-11H,7,12-17H2,1H3,(H,25,29)(H,26,31). The maximum Gasteiger partial charge on any atom is 0.325 e. The summed E-state index contributed by atoms with van der Waals surface area (Å²) < 4.78 is 0. The van der Waals surface area contributed by atoms with Gasteiger partial charge in [-0.25, -0.2) is 4.79 Å². The molecule has 2 aliphatic rings. The lowest BCUT2D eigenvalue weighted by Gasteiger charge is -2.32. The summed E-state index contributed by atoms with van der Waals surface area (Å²) in [5, 5.41) is 5.69. The topological polar surface area (TPSA) is 81.8 Å². The van der Waals surface area contributed by atoms with E-state index in [0.29, 0.717) is 19.4 Å². The zero-order valence-electron chi connectivity index (χ0n) is 17.8. The molecule has 7 heteroatoms. The Hall–Kier alpha value is -3.35. The number of urea groups is 1. The number of hydrogen-bond acceptors (Lipinski definition) is 4. The monoisotopic (exact) mass is 420 g/mol. The van der Waals surface area contributed by atoms with Crippen molar-refractivity contribution < 1.29 is 14.4 Å². The van der Waals surface area contributed by atoms with Gasteiger partial charge in [-0.1, -0.05) is 42.5 Å². The lowest BCUT2D eigenvalue weighted by atomic mass is 9.78. The molecule has 1 heterocycles. The van der Waals surface area contributed by atoms with Gasteiger partial charge in [0.15, 0.2) is 0 Å². The average molecular weight is 421 g/mol. The fraction of sp³-hybridized carbons (Fsp3) is 0.375. The van der Waals surface area contributed by atoms with Crippen molar-refractivity contribution in [3.8, 4) is 0 Å². The zero-order chi connectivity index (χ0) is 21.8. The second-order valence-corrected chi connectivity index (χ2v) is 8.31. The minimum absolute atomic E-state index is 0.247. The van der Waals surface area contributed by atoms with Crippen LogP contribution in [0.4, 0.5) is 10.5 Å². The van der Waals surface area contributed by atoms with Gasteiger partial charge in [0, 0.05) is 32.2 Å². The second kappa shape index (κ2) is 8.79. The number of imide groups is 1. The second-order valence-electron chi connectivity index (χ2n) is 8.31. The Labute approximate surface area is 182 Å². The first-order chi connectivity index (χ1) is 15.0. The molecule has 4 rings (SSSR count). The molecule has 1 fully saturated rings. The summed E-state index contributed by atoms with van der Waals surface area (Å²) in [6.07, 6.45) is 2.52. The number of benzene rings is 2. The van der Waals surface area contributed by atoms with E-state index in [9.17, 15) is 14.4 Å². The Morgan fingerprint density at radius 1 is 1.10 bits per heavy atom. The Balaban J connectivity index is 1.27. The van der Waals surface area contributed by atoms with Gasteiger partial charge in [-0.3, -0.25) is 14.5 Å². The van der Waals surface area contributed by atoms with Gasteiger partial charge in [-0.05, 0) is 42.5 Å². The Morgan fingerprint density at radius 3 is 2.58 bits per heavy atom. The number of anilines is 1. The fourth-order valence-corrected chi connectivity index (χ4v) is 4.40. The molecular formula is C24H28N4O3. The van der Waals surface area contributed by atoms with Crippen LogP contribution in [0.5, 0.6) is 0 Å². The molecule has 2 N–H and O–H groups in total. The quantitative estimate of drug-likeness (QED) is 0.531. The predicted octanol–water partition coefficient (Wildman–Crippen LogP) is 2.11. The van der Waals surface area contributed by atoms with Crippen LogP contribution in [0.25, 0.3) is 0 Å². The van der Waals surface area contributed by atoms with Gasteiger partial charge < -0.3 is 15.5 Å². The summed E-state index contributed by atoms with van der Waals surface area (Å²) in [6.45, 7) is 1.02. The van der Waals surface area contributed by atoms with E-state index in [-0.39, 0.29) is 18.4 Å². The molecule has 1 unspecified atom stereocenters. The SMILES string of the molecule is CN(CCCNC(=O)CN1C(=O)NC2(CCc3ccccc3C2)C1=O)c1ccccc1. The van der Waals surface area contributed by atoms with Crippen LogP contribution in [0.15, 0.2) is 54.6 Å². The maximum atomic E-state index is 13.1. The van der Waals surface area contributed by atoms with Gasteiger partial charge in [0.2, 0.25) is 5.91 Å². The first-order valence-electron chi connectivity index (χ1n) is 10.7. The van der Waals surface area contributed by atoms with E-state index in [1.165, 1.54) is 5.56 Å². The lowest BCUT2D eigenvalue weighted by Crippen LogP contribution is -2.51. The molecule has 1 aliphatic heterocycles. The number of rotatable bonds is 7. The summed E-state index contributed by atoms with van der Waals surface area (Å²) in [6, 6.07) is 17.5. The van der Waals surface area contributed by atoms with Crippen molar-refractivity contribution in [2.45, 2.75) is 31.2 Å². The summed E-state index contributed by atoms with van der Waals surface area (Å²) >= 11 is 0. The number of hydrogen-bond donors (Lipinski definition) is 2. The summed E-state index contributed by atoms with van der Waals surface area (Å²) in [5.41, 5.74) is 2.49. The Kier molecular flexibility index (Phi) is 5.93. The highest BCUT2D eigenvalue weighted by atomic mass is 16.2. The fourth-order valence-electron chi connectivity index (χ4n) is 4.40. The highest BCUT2D eigenvalue weighted by Crippen LogP contribution is 2.33. The molecule has 31 heavy (non-hydrogen) atoms. The van der Waals surface area contributed by atoms with Crippen LogP contribution in [0, 0.1) is 0 Å². The molecule has 1 atom stereocenters. The highest BCUT2D eigenvalue weighted by Gasteiger charge is 2.52. The molecule has 0 aromatic heterocycles. The number of amides is 4. The summed E-state index contributed by atoms with van der Waals surface area (Å²) in [7, 11) is 2.01. The van der Waals surface area contributed by atoms with Gasteiger partial charge in [-0.15, -0.1) is 0 Å². The van der Waals surface area contributed by atoms with Crippen molar-refractivity contribution in [1.29, 1.82) is 0 Å². The van der Waals surface area contributed by atoms with E-state index in [1.807, 2.05) is 55.6 Å². The van der Waals surface area contributed by atoms with Crippen LogP contribution in [0.1, 0.15) is 24.0 Å². The van der Waals surface area contributed by atoms with Crippen LogP contribution >= 0.6 is 0 Å². The van der Waals surface area contributed by atoms with Gasteiger partial charge in [0.25, 0.3) is 5.91 Å². The number of aryl methyl sites for hydroxylation is 1. The molecule has 1 spiro atoms. The number of nitrogens with zero attached hydrogens (tertiary/aromatic N) is 2. The number of para-hydroxylation sites is 1. The van der Waals surface area contributed by atoms with Crippen LogP contribution in [0.3, 0.4) is 0 Å². The third-order valence-corrected chi connectivity index (χ3v) is 6.17. The third-order valence-electron chi connectivity index (χ3n) is 6.17. The van der Waals surface area contributed by atoms with Crippen molar-refractivity contribution in [2.24, 2.45) is 0 Å². The summed E-state index contributed by atoms with van der Waals surface area (Å²) in [4.78, 5) is 41.1. The van der Waals surface area contributed by atoms with Crippen molar-refractivity contribution in [1.82, 2.24) is 15.5 Å². The van der Waals surface area contributed by atoms with E-state index in [1.54, 1.807) is 0 Å². The molecule has 2 aromatic rings. The smallest absolute Gasteiger partial charge is 0.325 e. The Bertz CT molecular complexity index is 978. The minimum Gasteiger partial charge on any atom is -0.375 e. The largest absolute Gasteiger partial charge is 0.375 e. The molecule has 7 nitrogen and oxygen atoms in total. The minimum atomic E-state index is -0.926. The van der Waals surface area contributed by atoms with Crippen LogP contribution in [-0.4, -0.2) is 55.0 Å². The zero-order valence-corrected chi connectivity index (χ0v) is 17.8. The number of carbonyl (C=O) groups is 3. The summed E-state index contributed by atoms with van der Waals surface area (Å²) in [5.74, 6) is -0.620. The molecule has 1 saturated heterocycles. The van der Waals surface area contributed by atoms with Crippen LogP contribution < -0.4 is 15.5 Å². The molecule has 2 aromatic carbocycles. The molecule has 1 aliphatic carbocycles. The molecule has 4 amide bonds. The predicted molar refractivity (Wildman–Crippen MR) is 119 cm³/mol. The maximum absolute atomic E-state index is 13.1. The number of fused-ring (bicyclic) bond motifs is 1. The highest BCUT2D eigenvalue weighted by molar-refractivity contribution is 6.09. The average Bonchev–Trinajstić information content (AvgIpc) is 3.00. The first-order valence-corrected chi connectivity index (χ1v) is 10.7. The van der Waals surface area contributed by atoms with Crippen molar-refractivity contribution >= 4 is 23.5 Å². The first kappa shape index (κ1) is 20.9. The van der Waals surface area contributed by atoms with Crippen LogP contribution in [0.2, 0.25) is 0 Å². The van der Waals surface area contributed by atoms with E-state index in [2.05, 4.69) is 21.6 Å². The molecule has 0 radical (unpaired) electrons. The van der Waals surface area contributed by atoms with Crippen molar-refractivity contribution in [3.05, 3.63) is 65.7 Å². The normalized spacial score (nSPS) is 19.8. The molecule has 0 saturated carbocycles. The third kappa shape index (κ3) is 4.40. The van der Waals surface area contributed by atoms with Gasteiger partial charge >= 0.3 is 6.03 Å². The molecular weight excluding hydrogens is 392 g/mol. The van der Waals surface area contributed by atoms with E-state index in [4.69, 9.17) is 0 Å². The van der Waals surface area contributed by atoms with E-state index < -0.39 is 11.6 Å². The number of carbonyl (C=O) groups excluding carboxylic acids is 3. The Morgan fingerprint density at radius 2 is 1.81 bits per heavy atom. The van der Waals surface area contributed by atoms with E-state index >= 15 is 0 Å². The lowest BCUT2D eigenvalue weighted by molar-refractivity contribution is -0.135. The molecule has 0 bridgehead atoms. The molecule has 162 valence electrons. The van der Waals surface area contributed by atoms with Crippen molar-refractivity contribution in [2.75, 3.05) is 31.6 Å².